The molecule has 0 radical (unpaired) electrons. The van der Waals surface area contributed by atoms with Crippen LogP contribution in [-0.4, -0.2) is 5.11 Å². The second-order valence-corrected chi connectivity index (χ2v) is 6.56. The first kappa shape index (κ1) is 14.0. The molecule has 0 bridgehead atoms. The van der Waals surface area contributed by atoms with E-state index >= 15 is 0 Å². The van der Waals surface area contributed by atoms with E-state index < -0.39 is 6.10 Å². The average Bonchev–Trinajstić information content (AvgIpc) is 2.64. The van der Waals surface area contributed by atoms with Gasteiger partial charge in [-0.2, -0.15) is 0 Å². The van der Waals surface area contributed by atoms with Gasteiger partial charge in [0.05, 0.1) is 6.10 Å². The normalized spacial score (nSPS) is 12.7. The Morgan fingerprint density at radius 2 is 2.17 bits per heavy atom. The van der Waals surface area contributed by atoms with Gasteiger partial charge in [-0.15, -0.1) is 11.3 Å². The monoisotopic (exact) mass is 348 g/mol. The fourth-order valence-electron chi connectivity index (χ4n) is 1.65. The SMILES string of the molecule is Cc1sc(C(O)Cc2cc(F)ccc2Cl)cc1Br. The van der Waals surface area contributed by atoms with Crippen LogP contribution in [0.2, 0.25) is 5.02 Å². The number of rotatable bonds is 3. The van der Waals surface area contributed by atoms with E-state index in [1.165, 1.54) is 29.5 Å². The largest absolute Gasteiger partial charge is 0.387 e. The van der Waals surface area contributed by atoms with Crippen molar-refractivity contribution < 1.29 is 9.50 Å². The van der Waals surface area contributed by atoms with E-state index in [2.05, 4.69) is 15.9 Å². The molecule has 1 atom stereocenters. The van der Waals surface area contributed by atoms with Crippen molar-refractivity contribution in [3.05, 3.63) is 54.9 Å². The molecule has 1 aromatic carbocycles. The molecule has 2 aromatic rings. The predicted octanol–water partition coefficient (Wildman–Crippen LogP) is 4.89. The molecule has 1 nitrogen and oxygen atoms in total. The first-order chi connectivity index (χ1) is 8.47. The summed E-state index contributed by atoms with van der Waals surface area (Å²) in [6, 6.07) is 6.07. The van der Waals surface area contributed by atoms with Crippen LogP contribution in [0.3, 0.4) is 0 Å². The molecular weight excluding hydrogens is 339 g/mol. The van der Waals surface area contributed by atoms with Gasteiger partial charge in [-0.3, -0.25) is 0 Å². The zero-order chi connectivity index (χ0) is 13.3. The Labute approximate surface area is 122 Å². The van der Waals surface area contributed by atoms with Crippen molar-refractivity contribution in [2.24, 2.45) is 0 Å². The highest BCUT2D eigenvalue weighted by molar-refractivity contribution is 9.10. The molecular formula is C13H11BrClFOS. The number of aliphatic hydroxyl groups is 1. The minimum absolute atomic E-state index is 0.309. The molecule has 18 heavy (non-hydrogen) atoms. The van der Waals surface area contributed by atoms with Gasteiger partial charge in [0.2, 0.25) is 0 Å². The van der Waals surface area contributed by atoms with Crippen LogP contribution in [0.25, 0.3) is 0 Å². The van der Waals surface area contributed by atoms with E-state index in [1.807, 2.05) is 13.0 Å². The number of aliphatic hydroxyl groups excluding tert-OH is 1. The van der Waals surface area contributed by atoms with E-state index in [0.29, 0.717) is 17.0 Å². The first-order valence-electron chi connectivity index (χ1n) is 5.35. The molecule has 0 fully saturated rings. The van der Waals surface area contributed by atoms with E-state index in [-0.39, 0.29) is 5.82 Å². The summed E-state index contributed by atoms with van der Waals surface area (Å²) in [6.07, 6.45) is -0.359. The maximum atomic E-state index is 13.1. The number of thiophene rings is 1. The molecule has 0 aliphatic rings. The Balaban J connectivity index is 2.20. The molecule has 1 N–H and O–H groups in total. The summed E-state index contributed by atoms with van der Waals surface area (Å²) in [5.74, 6) is -0.342. The smallest absolute Gasteiger partial charge is 0.123 e. The Hall–Kier alpha value is -0.420. The number of aryl methyl sites for hydroxylation is 1. The zero-order valence-electron chi connectivity index (χ0n) is 9.58. The van der Waals surface area contributed by atoms with Gasteiger partial charge in [-0.1, -0.05) is 11.6 Å². The van der Waals surface area contributed by atoms with Gasteiger partial charge in [0, 0.05) is 25.7 Å². The van der Waals surface area contributed by atoms with Crippen molar-refractivity contribution in [1.29, 1.82) is 0 Å². The van der Waals surface area contributed by atoms with Gasteiger partial charge in [0.25, 0.3) is 0 Å². The predicted molar refractivity (Wildman–Crippen MR) is 76.8 cm³/mol. The van der Waals surface area contributed by atoms with E-state index in [0.717, 1.165) is 14.2 Å². The Morgan fingerprint density at radius 1 is 1.44 bits per heavy atom. The molecule has 1 aromatic heterocycles. The highest BCUT2D eigenvalue weighted by atomic mass is 79.9. The van der Waals surface area contributed by atoms with Crippen LogP contribution in [0.5, 0.6) is 0 Å². The summed E-state index contributed by atoms with van der Waals surface area (Å²) < 4.78 is 14.1. The minimum atomic E-state index is -0.667. The van der Waals surface area contributed by atoms with Crippen LogP contribution in [0, 0.1) is 12.7 Å². The molecule has 0 spiro atoms. The van der Waals surface area contributed by atoms with Crippen LogP contribution in [0.4, 0.5) is 4.39 Å². The number of hydrogen-bond donors (Lipinski definition) is 1. The van der Waals surface area contributed by atoms with Gasteiger partial charge in [0.15, 0.2) is 0 Å². The van der Waals surface area contributed by atoms with Gasteiger partial charge in [0.1, 0.15) is 5.82 Å². The molecule has 0 saturated heterocycles. The molecule has 0 aliphatic heterocycles. The Bertz CT molecular complexity index is 551. The van der Waals surface area contributed by atoms with Crippen molar-refractivity contribution in [3.63, 3.8) is 0 Å². The molecule has 96 valence electrons. The summed E-state index contributed by atoms with van der Waals surface area (Å²) >= 11 is 10.9. The van der Waals surface area contributed by atoms with Crippen LogP contribution in [-0.2, 0) is 6.42 Å². The van der Waals surface area contributed by atoms with Gasteiger partial charge < -0.3 is 5.11 Å². The number of halogens is 3. The summed E-state index contributed by atoms with van der Waals surface area (Å²) in [6.45, 7) is 1.97. The van der Waals surface area contributed by atoms with E-state index in [4.69, 9.17) is 11.6 Å². The topological polar surface area (TPSA) is 20.2 Å². The fraction of sp³-hybridized carbons (Fsp3) is 0.231. The summed E-state index contributed by atoms with van der Waals surface area (Å²) in [7, 11) is 0. The van der Waals surface area contributed by atoms with Crippen LogP contribution in [0.15, 0.2) is 28.7 Å². The van der Waals surface area contributed by atoms with Crippen molar-refractivity contribution in [3.8, 4) is 0 Å². The van der Waals surface area contributed by atoms with Crippen LogP contribution >= 0.6 is 38.9 Å². The third-order valence-corrected chi connectivity index (χ3v) is 5.23. The van der Waals surface area contributed by atoms with Crippen LogP contribution in [0.1, 0.15) is 21.4 Å². The third-order valence-electron chi connectivity index (χ3n) is 2.63. The van der Waals surface area contributed by atoms with Gasteiger partial charge in [-0.05, 0) is 52.7 Å². The van der Waals surface area contributed by atoms with Gasteiger partial charge in [-0.25, -0.2) is 4.39 Å². The summed E-state index contributed by atoms with van der Waals surface area (Å²) in [5, 5.41) is 10.6. The lowest BCUT2D eigenvalue weighted by atomic mass is 10.1. The molecule has 0 aliphatic carbocycles. The van der Waals surface area contributed by atoms with Crippen molar-refractivity contribution >= 4 is 38.9 Å². The standard InChI is InChI=1S/C13H11BrClFOS/c1-7-10(14)6-13(18-7)12(17)5-8-4-9(16)2-3-11(8)15/h2-4,6,12,17H,5H2,1H3. The minimum Gasteiger partial charge on any atom is -0.387 e. The van der Waals surface area contributed by atoms with Crippen LogP contribution < -0.4 is 0 Å². The van der Waals surface area contributed by atoms with E-state index in [1.54, 1.807) is 0 Å². The maximum Gasteiger partial charge on any atom is 0.123 e. The third kappa shape index (κ3) is 3.12. The lowest BCUT2D eigenvalue weighted by Gasteiger charge is -2.10. The first-order valence-corrected chi connectivity index (χ1v) is 7.34. The van der Waals surface area contributed by atoms with Crippen molar-refractivity contribution in [2.45, 2.75) is 19.4 Å². The summed E-state index contributed by atoms with van der Waals surface area (Å²) in [5.41, 5.74) is 0.617. The Morgan fingerprint density at radius 3 is 2.78 bits per heavy atom. The zero-order valence-corrected chi connectivity index (χ0v) is 12.7. The second-order valence-electron chi connectivity index (χ2n) is 4.01. The molecule has 0 saturated carbocycles. The fourth-order valence-corrected chi connectivity index (χ4v) is 3.40. The molecule has 5 heteroatoms. The lowest BCUT2D eigenvalue weighted by Crippen LogP contribution is -2.00. The number of benzene rings is 1. The highest BCUT2D eigenvalue weighted by Crippen LogP contribution is 2.33. The van der Waals surface area contributed by atoms with Gasteiger partial charge >= 0.3 is 0 Å². The summed E-state index contributed by atoms with van der Waals surface area (Å²) in [4.78, 5) is 1.95. The molecule has 0 amide bonds. The molecule has 1 unspecified atom stereocenters. The van der Waals surface area contributed by atoms with Crippen molar-refractivity contribution in [2.75, 3.05) is 0 Å². The second kappa shape index (κ2) is 5.70. The maximum absolute atomic E-state index is 13.1. The average molecular weight is 350 g/mol. The van der Waals surface area contributed by atoms with Crippen molar-refractivity contribution in [1.82, 2.24) is 0 Å². The molecule has 2 rings (SSSR count). The quantitative estimate of drug-likeness (QED) is 0.836. The highest BCUT2D eigenvalue weighted by Gasteiger charge is 2.15. The Kier molecular flexibility index (Phi) is 4.43. The lowest BCUT2D eigenvalue weighted by molar-refractivity contribution is 0.182. The number of hydrogen-bond acceptors (Lipinski definition) is 2. The van der Waals surface area contributed by atoms with E-state index in [9.17, 15) is 9.50 Å². The molecule has 1 heterocycles.